The van der Waals surface area contributed by atoms with Crippen LogP contribution in [0.15, 0.2) is 54.9 Å². The number of aromatic nitrogens is 4. The van der Waals surface area contributed by atoms with E-state index >= 15 is 0 Å². The minimum Gasteiger partial charge on any atom is -0.379 e. The molecule has 0 spiro atoms. The molecule has 0 atom stereocenters. The molecule has 0 radical (unpaired) electrons. The van der Waals surface area contributed by atoms with Crippen molar-refractivity contribution < 1.29 is 0 Å². The maximum atomic E-state index is 3.95. The number of nitrogens with zero attached hydrogens (tertiary/aromatic N) is 4. The van der Waals surface area contributed by atoms with Crippen LogP contribution >= 0.6 is 0 Å². The van der Waals surface area contributed by atoms with Crippen LogP contribution in [-0.4, -0.2) is 20.2 Å². The summed E-state index contributed by atoms with van der Waals surface area (Å²) < 4.78 is 1.66. The number of hydrogen-bond donors (Lipinski definition) is 1. The van der Waals surface area contributed by atoms with Crippen LogP contribution in [-0.2, 0) is 13.0 Å². The lowest BCUT2D eigenvalue weighted by Gasteiger charge is -2.13. The van der Waals surface area contributed by atoms with Crippen molar-refractivity contribution >= 4 is 5.69 Å². The molecule has 0 saturated carbocycles. The SMILES string of the molecule is CCc1ccccc1CNc1ccccc1-n1cnnn1. The molecule has 3 rings (SSSR count). The van der Waals surface area contributed by atoms with E-state index in [0.717, 1.165) is 24.3 Å². The van der Waals surface area contributed by atoms with Gasteiger partial charge in [0.25, 0.3) is 0 Å². The number of anilines is 1. The predicted octanol–water partition coefficient (Wildman–Crippen LogP) is 2.84. The van der Waals surface area contributed by atoms with Crippen molar-refractivity contribution in [3.63, 3.8) is 0 Å². The number of aryl methyl sites for hydroxylation is 1. The van der Waals surface area contributed by atoms with Gasteiger partial charge in [-0.1, -0.05) is 43.3 Å². The summed E-state index contributed by atoms with van der Waals surface area (Å²) in [6.45, 7) is 2.96. The summed E-state index contributed by atoms with van der Waals surface area (Å²) >= 11 is 0. The van der Waals surface area contributed by atoms with E-state index in [1.54, 1.807) is 11.0 Å². The predicted molar refractivity (Wildman–Crippen MR) is 82.3 cm³/mol. The third-order valence-corrected chi connectivity index (χ3v) is 3.47. The van der Waals surface area contributed by atoms with E-state index in [0.29, 0.717) is 0 Å². The highest BCUT2D eigenvalue weighted by molar-refractivity contribution is 5.60. The van der Waals surface area contributed by atoms with E-state index in [1.807, 2.05) is 24.3 Å². The standard InChI is InChI=1S/C16H17N5/c1-2-13-7-3-4-8-14(13)11-17-15-9-5-6-10-16(15)21-12-18-19-20-21/h3-10,12,17H,2,11H2,1H3. The second kappa shape index (κ2) is 6.17. The molecule has 0 unspecified atom stereocenters. The van der Waals surface area contributed by atoms with Gasteiger partial charge in [0.05, 0.1) is 11.4 Å². The first-order chi connectivity index (χ1) is 10.4. The average molecular weight is 279 g/mol. The van der Waals surface area contributed by atoms with Gasteiger partial charge in [0.1, 0.15) is 6.33 Å². The van der Waals surface area contributed by atoms with Crippen LogP contribution < -0.4 is 5.32 Å². The molecular weight excluding hydrogens is 262 g/mol. The third kappa shape index (κ3) is 2.91. The molecule has 3 aromatic rings. The lowest BCUT2D eigenvalue weighted by molar-refractivity contribution is 0.789. The van der Waals surface area contributed by atoms with E-state index in [2.05, 4.69) is 52.0 Å². The van der Waals surface area contributed by atoms with Crippen molar-refractivity contribution in [2.24, 2.45) is 0 Å². The molecule has 21 heavy (non-hydrogen) atoms. The van der Waals surface area contributed by atoms with Crippen molar-refractivity contribution in [2.75, 3.05) is 5.32 Å². The molecule has 1 N–H and O–H groups in total. The van der Waals surface area contributed by atoms with E-state index in [9.17, 15) is 0 Å². The highest BCUT2D eigenvalue weighted by Gasteiger charge is 2.06. The first kappa shape index (κ1) is 13.3. The van der Waals surface area contributed by atoms with Crippen LogP contribution in [0, 0.1) is 0 Å². The fourth-order valence-electron chi connectivity index (χ4n) is 2.36. The second-order valence-corrected chi connectivity index (χ2v) is 4.75. The number of benzene rings is 2. The van der Waals surface area contributed by atoms with Crippen molar-refractivity contribution in [3.8, 4) is 5.69 Å². The van der Waals surface area contributed by atoms with Gasteiger partial charge in [-0.15, -0.1) is 5.10 Å². The zero-order chi connectivity index (χ0) is 14.5. The smallest absolute Gasteiger partial charge is 0.143 e. The van der Waals surface area contributed by atoms with E-state index in [1.165, 1.54) is 11.1 Å². The van der Waals surface area contributed by atoms with Gasteiger partial charge in [-0.05, 0) is 40.1 Å². The molecule has 0 bridgehead atoms. The quantitative estimate of drug-likeness (QED) is 0.780. The summed E-state index contributed by atoms with van der Waals surface area (Å²) in [7, 11) is 0. The van der Waals surface area contributed by atoms with E-state index in [-0.39, 0.29) is 0 Å². The zero-order valence-electron chi connectivity index (χ0n) is 11.9. The molecule has 1 aromatic heterocycles. The molecule has 106 valence electrons. The Hall–Kier alpha value is -2.69. The minimum absolute atomic E-state index is 0.781. The Morgan fingerprint density at radius 2 is 1.76 bits per heavy atom. The molecule has 0 amide bonds. The summed E-state index contributed by atoms with van der Waals surface area (Å²) in [5.41, 5.74) is 4.63. The number of nitrogens with one attached hydrogen (secondary N) is 1. The van der Waals surface area contributed by atoms with Gasteiger partial charge in [-0.3, -0.25) is 0 Å². The van der Waals surface area contributed by atoms with Crippen molar-refractivity contribution in [1.82, 2.24) is 20.2 Å². The van der Waals surface area contributed by atoms with Gasteiger partial charge in [-0.25, -0.2) is 0 Å². The Bertz CT molecular complexity index is 706. The van der Waals surface area contributed by atoms with E-state index < -0.39 is 0 Å². The minimum atomic E-state index is 0.781. The fraction of sp³-hybridized carbons (Fsp3) is 0.188. The van der Waals surface area contributed by atoms with Crippen molar-refractivity contribution in [3.05, 3.63) is 66.0 Å². The Morgan fingerprint density at radius 1 is 1.00 bits per heavy atom. The molecule has 0 fully saturated rings. The molecule has 0 aliphatic carbocycles. The molecule has 1 heterocycles. The van der Waals surface area contributed by atoms with Crippen LogP contribution in [0.25, 0.3) is 5.69 Å². The summed E-state index contributed by atoms with van der Waals surface area (Å²) in [6, 6.07) is 16.5. The summed E-state index contributed by atoms with van der Waals surface area (Å²) in [4.78, 5) is 0. The Morgan fingerprint density at radius 3 is 2.52 bits per heavy atom. The van der Waals surface area contributed by atoms with Crippen LogP contribution in [0.3, 0.4) is 0 Å². The van der Waals surface area contributed by atoms with Crippen LogP contribution in [0.5, 0.6) is 0 Å². The normalized spacial score (nSPS) is 10.5. The average Bonchev–Trinajstić information content (AvgIpc) is 3.08. The zero-order valence-corrected chi connectivity index (χ0v) is 11.9. The highest BCUT2D eigenvalue weighted by atomic mass is 15.5. The summed E-state index contributed by atoms with van der Waals surface area (Å²) in [5, 5.41) is 14.8. The maximum absolute atomic E-state index is 3.95. The van der Waals surface area contributed by atoms with Gasteiger partial charge in [0.15, 0.2) is 0 Å². The van der Waals surface area contributed by atoms with Crippen LogP contribution in [0.4, 0.5) is 5.69 Å². The van der Waals surface area contributed by atoms with Crippen molar-refractivity contribution in [1.29, 1.82) is 0 Å². The largest absolute Gasteiger partial charge is 0.379 e. The van der Waals surface area contributed by atoms with Gasteiger partial charge < -0.3 is 5.32 Å². The Labute approximate surface area is 123 Å². The summed E-state index contributed by atoms with van der Waals surface area (Å²) in [6.07, 6.45) is 2.63. The van der Waals surface area contributed by atoms with Gasteiger partial charge >= 0.3 is 0 Å². The molecule has 2 aromatic carbocycles. The number of tetrazole rings is 1. The molecule has 0 saturated heterocycles. The van der Waals surface area contributed by atoms with Crippen LogP contribution in [0.2, 0.25) is 0 Å². The van der Waals surface area contributed by atoms with Crippen molar-refractivity contribution in [2.45, 2.75) is 19.9 Å². The number of hydrogen-bond acceptors (Lipinski definition) is 4. The summed E-state index contributed by atoms with van der Waals surface area (Å²) in [5.74, 6) is 0. The van der Waals surface area contributed by atoms with E-state index in [4.69, 9.17) is 0 Å². The van der Waals surface area contributed by atoms with Gasteiger partial charge in [0, 0.05) is 6.54 Å². The Kier molecular flexibility index (Phi) is 3.91. The fourth-order valence-corrected chi connectivity index (χ4v) is 2.36. The molecule has 0 aliphatic heterocycles. The second-order valence-electron chi connectivity index (χ2n) is 4.75. The lowest BCUT2D eigenvalue weighted by Crippen LogP contribution is -2.06. The lowest BCUT2D eigenvalue weighted by atomic mass is 10.1. The first-order valence-corrected chi connectivity index (χ1v) is 7.01. The first-order valence-electron chi connectivity index (χ1n) is 7.01. The van der Waals surface area contributed by atoms with Gasteiger partial charge in [0.2, 0.25) is 0 Å². The Balaban J connectivity index is 1.83. The molecule has 5 heteroatoms. The molecule has 5 nitrogen and oxygen atoms in total. The monoisotopic (exact) mass is 279 g/mol. The number of para-hydroxylation sites is 2. The maximum Gasteiger partial charge on any atom is 0.143 e. The molecular formula is C16H17N5. The molecule has 0 aliphatic rings. The highest BCUT2D eigenvalue weighted by Crippen LogP contribution is 2.20. The number of rotatable bonds is 5. The van der Waals surface area contributed by atoms with Gasteiger partial charge in [-0.2, -0.15) is 4.68 Å². The topological polar surface area (TPSA) is 55.6 Å². The van der Waals surface area contributed by atoms with Crippen LogP contribution in [0.1, 0.15) is 18.1 Å². The third-order valence-electron chi connectivity index (χ3n) is 3.47.